The van der Waals surface area contributed by atoms with Crippen molar-refractivity contribution in [3.8, 4) is 5.69 Å². The summed E-state index contributed by atoms with van der Waals surface area (Å²) in [7, 11) is 0. The number of H-pyrrole nitrogens is 1. The number of nitro benzene ring substituents is 1. The molecule has 2 rings (SSSR count). The molecule has 1 aromatic carbocycles. The number of rotatable bonds is 2. The first-order chi connectivity index (χ1) is 6.77. The van der Waals surface area contributed by atoms with E-state index in [1.165, 1.54) is 18.5 Å². The van der Waals surface area contributed by atoms with E-state index >= 15 is 0 Å². The zero-order valence-corrected chi connectivity index (χ0v) is 9.99. The van der Waals surface area contributed by atoms with Crippen LogP contribution >= 0.6 is 0 Å². The van der Waals surface area contributed by atoms with Gasteiger partial charge < -0.3 is 0 Å². The maximum absolute atomic E-state index is 10.4. The minimum atomic E-state index is -0.445. The van der Waals surface area contributed by atoms with Crippen LogP contribution in [0.4, 0.5) is 5.69 Å². The second-order valence-electron chi connectivity index (χ2n) is 2.57. The molecule has 0 amide bonds. The zero-order chi connectivity index (χ0) is 9.97. The Morgan fingerprint density at radius 2 is 2.00 bits per heavy atom. The van der Waals surface area contributed by atoms with Crippen molar-refractivity contribution in [1.82, 2.24) is 15.5 Å². The van der Waals surface area contributed by atoms with Crippen molar-refractivity contribution in [2.75, 3.05) is 0 Å². The van der Waals surface area contributed by atoms with Gasteiger partial charge in [-0.1, -0.05) is 5.21 Å². The summed E-state index contributed by atoms with van der Waals surface area (Å²) in [6, 6.07) is 6.06. The summed E-state index contributed by atoms with van der Waals surface area (Å²) >= 11 is 0. The summed E-state index contributed by atoms with van der Waals surface area (Å²) in [5.41, 5.74) is 0.794. The average molecular weight is 215 g/mol. The van der Waals surface area contributed by atoms with Crippen molar-refractivity contribution in [1.29, 1.82) is 0 Å². The molecule has 2 aromatic rings. The van der Waals surface area contributed by atoms with Crippen LogP contribution in [0.25, 0.3) is 5.69 Å². The standard InChI is InChI=1S/C7H5N5O2.Na/c13-12(14)7-3-1-6(2-4-7)11-5-8-9-10-11;/h1-5H;/q;+1/p+1. The van der Waals surface area contributed by atoms with Crippen molar-refractivity contribution in [2.45, 2.75) is 0 Å². The second-order valence-corrected chi connectivity index (χ2v) is 2.57. The summed E-state index contributed by atoms with van der Waals surface area (Å²) in [5, 5.41) is 20.0. The fourth-order valence-electron chi connectivity index (χ4n) is 1.04. The van der Waals surface area contributed by atoms with Gasteiger partial charge in [-0.15, -0.1) is 4.68 Å². The van der Waals surface area contributed by atoms with Gasteiger partial charge in [0, 0.05) is 12.1 Å². The van der Waals surface area contributed by atoms with Crippen molar-refractivity contribution < 1.29 is 39.2 Å². The van der Waals surface area contributed by atoms with E-state index in [2.05, 4.69) is 15.5 Å². The molecule has 1 N–H and O–H groups in total. The molecule has 0 aliphatic heterocycles. The van der Waals surface area contributed by atoms with E-state index in [-0.39, 0.29) is 35.2 Å². The number of nitro groups is 1. The van der Waals surface area contributed by atoms with Crippen LogP contribution in [-0.4, -0.2) is 20.4 Å². The number of hydrogen-bond acceptors (Lipinski definition) is 4. The van der Waals surface area contributed by atoms with E-state index in [4.69, 9.17) is 0 Å². The quantitative estimate of drug-likeness (QED) is 0.250. The third-order valence-corrected chi connectivity index (χ3v) is 1.72. The van der Waals surface area contributed by atoms with Crippen molar-refractivity contribution >= 4 is 5.69 Å². The first-order valence-electron chi connectivity index (χ1n) is 3.80. The molecule has 70 valence electrons. The molecule has 1 aromatic heterocycles. The number of aromatic amines is 1. The van der Waals surface area contributed by atoms with Crippen molar-refractivity contribution in [3.05, 3.63) is 40.7 Å². The summed E-state index contributed by atoms with van der Waals surface area (Å²) in [5.74, 6) is 0. The molecule has 0 unspecified atom stereocenters. The molecule has 7 nitrogen and oxygen atoms in total. The first-order valence-corrected chi connectivity index (χ1v) is 3.80. The summed E-state index contributed by atoms with van der Waals surface area (Å²) < 4.78 is 1.55. The Balaban J connectivity index is 0.00000112. The van der Waals surface area contributed by atoms with Crippen molar-refractivity contribution in [3.63, 3.8) is 0 Å². The van der Waals surface area contributed by atoms with Gasteiger partial charge in [0.2, 0.25) is 0 Å². The molecule has 0 bridgehead atoms. The summed E-state index contributed by atoms with van der Waals surface area (Å²) in [4.78, 5) is 9.92. The minimum absolute atomic E-state index is 0. The van der Waals surface area contributed by atoms with Gasteiger partial charge in [-0.2, -0.15) is 0 Å². The van der Waals surface area contributed by atoms with E-state index < -0.39 is 4.92 Å². The number of nitrogens with one attached hydrogen (secondary N) is 1. The topological polar surface area (TPSA) is 88.6 Å². The molecule has 0 atom stereocenters. The molecule has 0 saturated carbocycles. The predicted molar refractivity (Wildman–Crippen MR) is 44.6 cm³/mol. The van der Waals surface area contributed by atoms with Gasteiger partial charge >= 0.3 is 29.6 Å². The molecule has 0 saturated heterocycles. The monoisotopic (exact) mass is 215 g/mol. The molecular formula is C7H6N5NaO2+2. The number of nitrogens with zero attached hydrogens (tertiary/aromatic N) is 4. The van der Waals surface area contributed by atoms with Gasteiger partial charge in [-0.25, -0.2) is 0 Å². The maximum atomic E-state index is 10.4. The van der Waals surface area contributed by atoms with E-state index in [1.807, 2.05) is 0 Å². The molecule has 0 fully saturated rings. The van der Waals surface area contributed by atoms with Crippen LogP contribution in [0.5, 0.6) is 0 Å². The zero-order valence-electron chi connectivity index (χ0n) is 7.99. The molecule has 8 heteroatoms. The Kier molecular flexibility index (Phi) is 3.89. The van der Waals surface area contributed by atoms with Gasteiger partial charge in [-0.05, 0) is 12.1 Å². The third-order valence-electron chi connectivity index (χ3n) is 1.72. The van der Waals surface area contributed by atoms with Gasteiger partial charge in [-0.3, -0.25) is 10.1 Å². The molecule has 0 aliphatic carbocycles. The van der Waals surface area contributed by atoms with Crippen LogP contribution in [0.15, 0.2) is 30.6 Å². The van der Waals surface area contributed by atoms with Crippen molar-refractivity contribution in [2.24, 2.45) is 0 Å². The molecule has 0 radical (unpaired) electrons. The van der Waals surface area contributed by atoms with E-state index in [0.717, 1.165) is 5.69 Å². The van der Waals surface area contributed by atoms with Crippen LogP contribution in [0.3, 0.4) is 0 Å². The minimum Gasteiger partial charge on any atom is -0.258 e. The summed E-state index contributed by atoms with van der Waals surface area (Å²) in [6.07, 6.45) is 1.47. The van der Waals surface area contributed by atoms with Crippen LogP contribution in [-0.2, 0) is 0 Å². The largest absolute Gasteiger partial charge is 1.00 e. The van der Waals surface area contributed by atoms with Gasteiger partial charge in [0.15, 0.2) is 5.21 Å². The average Bonchev–Trinajstić information content (AvgIpc) is 2.71. The SMILES string of the molecule is O=[N+]([O-])c1ccc(-[n+]2cnn[nH]2)cc1.[Na+]. The predicted octanol–water partition coefficient (Wildman–Crippen LogP) is -3.01. The van der Waals surface area contributed by atoms with Crippen LogP contribution in [0.1, 0.15) is 0 Å². The summed E-state index contributed by atoms with van der Waals surface area (Å²) in [6.45, 7) is 0. The number of non-ortho nitro benzene ring substituents is 1. The number of aromatic nitrogens is 4. The van der Waals surface area contributed by atoms with Crippen LogP contribution in [0.2, 0.25) is 0 Å². The van der Waals surface area contributed by atoms with Crippen LogP contribution < -0.4 is 34.2 Å². The Morgan fingerprint density at radius 1 is 1.33 bits per heavy atom. The van der Waals surface area contributed by atoms with E-state index in [1.54, 1.807) is 16.8 Å². The molecule has 0 aliphatic rings. The second kappa shape index (κ2) is 4.96. The van der Waals surface area contributed by atoms with Crippen LogP contribution in [0, 0.1) is 10.1 Å². The van der Waals surface area contributed by atoms with Gasteiger partial charge in [0.25, 0.3) is 12.0 Å². The molecular weight excluding hydrogens is 209 g/mol. The van der Waals surface area contributed by atoms with Gasteiger partial charge in [0.1, 0.15) is 10.8 Å². The normalized spacial score (nSPS) is 9.33. The van der Waals surface area contributed by atoms with E-state index in [9.17, 15) is 10.1 Å². The Hall–Kier alpha value is -1.31. The molecule has 15 heavy (non-hydrogen) atoms. The fourth-order valence-corrected chi connectivity index (χ4v) is 1.04. The fraction of sp³-hybridized carbons (Fsp3) is 0. The molecule has 0 spiro atoms. The number of tetrazole rings is 1. The number of hydrogen-bond donors (Lipinski definition) is 1. The smallest absolute Gasteiger partial charge is 0.258 e. The third kappa shape index (κ3) is 2.58. The maximum Gasteiger partial charge on any atom is 1.00 e. The Bertz CT molecular complexity index is 441. The van der Waals surface area contributed by atoms with Gasteiger partial charge in [0.05, 0.1) is 4.92 Å². The number of benzene rings is 1. The Morgan fingerprint density at radius 3 is 2.47 bits per heavy atom. The molecule has 1 heterocycles. The Labute approximate surface area is 107 Å². The van der Waals surface area contributed by atoms with E-state index in [0.29, 0.717) is 0 Å². The first kappa shape index (κ1) is 11.8.